The largest absolute Gasteiger partial charge is 0.293 e. The minimum absolute atomic E-state index is 0.401. The second kappa shape index (κ2) is 8.70. The highest BCUT2D eigenvalue weighted by molar-refractivity contribution is 7.89. The summed E-state index contributed by atoms with van der Waals surface area (Å²) < 4.78 is 30.1. The molecule has 0 aliphatic carbocycles. The quantitative estimate of drug-likeness (QED) is 0.455. The summed E-state index contributed by atoms with van der Waals surface area (Å²) in [5.41, 5.74) is 4.56. The highest BCUT2D eigenvalue weighted by Crippen LogP contribution is 2.24. The van der Waals surface area contributed by atoms with Crippen molar-refractivity contribution in [3.63, 3.8) is 0 Å². The zero-order valence-electron chi connectivity index (χ0n) is 18.8. The first-order chi connectivity index (χ1) is 15.9. The summed E-state index contributed by atoms with van der Waals surface area (Å²) in [7, 11) is -3.50. The summed E-state index contributed by atoms with van der Waals surface area (Å²) >= 11 is 0. The van der Waals surface area contributed by atoms with Crippen molar-refractivity contribution in [3.8, 4) is 5.69 Å². The second-order valence-electron chi connectivity index (χ2n) is 8.49. The Morgan fingerprint density at radius 3 is 2.39 bits per heavy atom. The molecule has 0 bridgehead atoms. The van der Waals surface area contributed by atoms with Crippen molar-refractivity contribution in [1.82, 2.24) is 23.7 Å². The number of hydrogen-bond acceptors (Lipinski definition) is 5. The topological polar surface area (TPSA) is 71.3 Å². The lowest BCUT2D eigenvalue weighted by atomic mass is 10.2. The van der Waals surface area contributed by atoms with Gasteiger partial charge in [0.25, 0.3) is 0 Å². The van der Waals surface area contributed by atoms with Crippen LogP contribution < -0.4 is 0 Å². The number of pyridine rings is 1. The first-order valence-electron chi connectivity index (χ1n) is 11.1. The lowest BCUT2D eigenvalue weighted by Crippen LogP contribution is -2.48. The van der Waals surface area contributed by atoms with E-state index in [0.29, 0.717) is 37.6 Å². The molecule has 4 aromatic rings. The van der Waals surface area contributed by atoms with Gasteiger partial charge in [-0.15, -0.1) is 0 Å². The number of piperazine rings is 1. The van der Waals surface area contributed by atoms with Gasteiger partial charge in [0.2, 0.25) is 10.0 Å². The highest BCUT2D eigenvalue weighted by atomic mass is 32.2. The molecule has 8 heteroatoms. The van der Waals surface area contributed by atoms with Crippen LogP contribution in [0.1, 0.15) is 17.0 Å². The van der Waals surface area contributed by atoms with E-state index in [-0.39, 0.29) is 0 Å². The smallest absolute Gasteiger partial charge is 0.243 e. The van der Waals surface area contributed by atoms with Crippen LogP contribution in [-0.4, -0.2) is 58.3 Å². The van der Waals surface area contributed by atoms with E-state index in [4.69, 9.17) is 4.98 Å². The standard InChI is InChI=1S/C25H27N5O2S/c1-19-10-11-23(20(2)17-19)33(31,32)29-15-13-28(14-16-29)18-24-27-22-9-6-12-26-25(22)30(24)21-7-4-3-5-8-21/h3-12,17H,13-16,18H2,1-2H3. The normalized spacial score (nSPS) is 15.8. The molecule has 1 aliphatic heterocycles. The van der Waals surface area contributed by atoms with Crippen molar-refractivity contribution in [1.29, 1.82) is 0 Å². The number of para-hydroxylation sites is 1. The van der Waals surface area contributed by atoms with Crippen LogP contribution in [0.3, 0.4) is 0 Å². The molecule has 3 heterocycles. The van der Waals surface area contributed by atoms with Gasteiger partial charge in [-0.3, -0.25) is 9.47 Å². The molecule has 0 spiro atoms. The highest BCUT2D eigenvalue weighted by Gasteiger charge is 2.30. The Bertz CT molecular complexity index is 1390. The van der Waals surface area contributed by atoms with E-state index in [1.807, 2.05) is 68.4 Å². The van der Waals surface area contributed by atoms with Crippen LogP contribution >= 0.6 is 0 Å². The maximum Gasteiger partial charge on any atom is 0.243 e. The van der Waals surface area contributed by atoms with Gasteiger partial charge in [0.05, 0.1) is 11.4 Å². The molecule has 0 amide bonds. The zero-order valence-corrected chi connectivity index (χ0v) is 19.7. The number of rotatable bonds is 5. The summed E-state index contributed by atoms with van der Waals surface area (Å²) in [6, 6.07) is 19.5. The van der Waals surface area contributed by atoms with Gasteiger partial charge in [0, 0.05) is 38.1 Å². The molecule has 1 fully saturated rings. The number of imidazole rings is 1. The van der Waals surface area contributed by atoms with Gasteiger partial charge in [-0.25, -0.2) is 18.4 Å². The molecule has 5 rings (SSSR count). The van der Waals surface area contributed by atoms with Crippen molar-refractivity contribution < 1.29 is 8.42 Å². The Morgan fingerprint density at radius 2 is 1.67 bits per heavy atom. The predicted octanol–water partition coefficient (Wildman–Crippen LogP) is 3.54. The van der Waals surface area contributed by atoms with Crippen LogP contribution in [0.25, 0.3) is 16.9 Å². The number of benzene rings is 2. The van der Waals surface area contributed by atoms with Crippen molar-refractivity contribution in [3.05, 3.63) is 83.8 Å². The van der Waals surface area contributed by atoms with Gasteiger partial charge in [-0.1, -0.05) is 35.9 Å². The Morgan fingerprint density at radius 1 is 0.909 bits per heavy atom. The Hall–Kier alpha value is -3.07. The van der Waals surface area contributed by atoms with E-state index in [9.17, 15) is 8.42 Å². The minimum Gasteiger partial charge on any atom is -0.293 e. The van der Waals surface area contributed by atoms with Gasteiger partial charge in [-0.2, -0.15) is 4.31 Å². The van der Waals surface area contributed by atoms with E-state index in [2.05, 4.69) is 14.5 Å². The summed E-state index contributed by atoms with van der Waals surface area (Å²) in [6.07, 6.45) is 1.78. The van der Waals surface area contributed by atoms with E-state index >= 15 is 0 Å². The summed E-state index contributed by atoms with van der Waals surface area (Å²) in [5, 5.41) is 0. The number of fused-ring (bicyclic) bond motifs is 1. The molecule has 1 saturated heterocycles. The molecule has 33 heavy (non-hydrogen) atoms. The van der Waals surface area contributed by atoms with Crippen molar-refractivity contribution in [2.45, 2.75) is 25.3 Å². The fourth-order valence-corrected chi connectivity index (χ4v) is 6.10. The molecule has 0 radical (unpaired) electrons. The molecule has 0 unspecified atom stereocenters. The minimum atomic E-state index is -3.50. The van der Waals surface area contributed by atoms with Crippen LogP contribution in [0.5, 0.6) is 0 Å². The summed E-state index contributed by atoms with van der Waals surface area (Å²) in [6.45, 7) is 6.67. The van der Waals surface area contributed by atoms with Gasteiger partial charge >= 0.3 is 0 Å². The van der Waals surface area contributed by atoms with Crippen LogP contribution in [0.4, 0.5) is 0 Å². The average molecular weight is 462 g/mol. The first kappa shape index (κ1) is 21.8. The molecule has 0 atom stereocenters. The molecule has 7 nitrogen and oxygen atoms in total. The molecule has 2 aromatic carbocycles. The second-order valence-corrected chi connectivity index (χ2v) is 10.4. The van der Waals surface area contributed by atoms with Crippen LogP contribution in [0.15, 0.2) is 71.8 Å². The van der Waals surface area contributed by atoms with E-state index in [1.54, 1.807) is 16.6 Å². The maximum atomic E-state index is 13.2. The third kappa shape index (κ3) is 4.17. The van der Waals surface area contributed by atoms with Crippen molar-refractivity contribution in [2.75, 3.05) is 26.2 Å². The van der Waals surface area contributed by atoms with Crippen molar-refractivity contribution in [2.24, 2.45) is 0 Å². The Balaban J connectivity index is 1.36. The monoisotopic (exact) mass is 461 g/mol. The number of aryl methyl sites for hydroxylation is 2. The van der Waals surface area contributed by atoms with Gasteiger partial charge in [0.1, 0.15) is 11.3 Å². The predicted molar refractivity (Wildman–Crippen MR) is 129 cm³/mol. The number of hydrogen-bond donors (Lipinski definition) is 0. The summed E-state index contributed by atoms with van der Waals surface area (Å²) in [4.78, 5) is 12.1. The molecule has 2 aromatic heterocycles. The van der Waals surface area contributed by atoms with Gasteiger partial charge in [-0.05, 0) is 49.7 Å². The molecular formula is C25H27N5O2S. The fraction of sp³-hybridized carbons (Fsp3) is 0.280. The van der Waals surface area contributed by atoms with E-state index < -0.39 is 10.0 Å². The van der Waals surface area contributed by atoms with Crippen LogP contribution in [0.2, 0.25) is 0 Å². The zero-order chi connectivity index (χ0) is 23.0. The molecule has 170 valence electrons. The summed E-state index contributed by atoms with van der Waals surface area (Å²) in [5.74, 6) is 0.903. The van der Waals surface area contributed by atoms with Crippen LogP contribution in [0, 0.1) is 13.8 Å². The first-order valence-corrected chi connectivity index (χ1v) is 12.5. The molecule has 1 aliphatic rings. The van der Waals surface area contributed by atoms with E-state index in [1.165, 1.54) is 0 Å². The third-order valence-corrected chi connectivity index (χ3v) is 8.20. The molecular weight excluding hydrogens is 434 g/mol. The number of nitrogens with zero attached hydrogens (tertiary/aromatic N) is 5. The SMILES string of the molecule is Cc1ccc(S(=O)(=O)N2CCN(Cc3nc4cccnc4n3-c3ccccc3)CC2)c(C)c1. The lowest BCUT2D eigenvalue weighted by molar-refractivity contribution is 0.177. The van der Waals surface area contributed by atoms with Gasteiger partial charge in [0.15, 0.2) is 5.65 Å². The number of sulfonamides is 1. The lowest BCUT2D eigenvalue weighted by Gasteiger charge is -2.34. The van der Waals surface area contributed by atoms with Crippen LogP contribution in [-0.2, 0) is 16.6 Å². The maximum absolute atomic E-state index is 13.2. The van der Waals surface area contributed by atoms with Crippen molar-refractivity contribution >= 4 is 21.2 Å². The Kier molecular flexibility index (Phi) is 5.74. The van der Waals surface area contributed by atoms with Gasteiger partial charge < -0.3 is 0 Å². The third-order valence-electron chi connectivity index (χ3n) is 6.14. The number of aromatic nitrogens is 3. The molecule has 0 N–H and O–H groups in total. The fourth-order valence-electron chi connectivity index (χ4n) is 4.47. The molecule has 0 saturated carbocycles. The van der Waals surface area contributed by atoms with E-state index in [0.717, 1.165) is 33.8 Å². The Labute approximate surface area is 194 Å². The average Bonchev–Trinajstić information content (AvgIpc) is 3.17.